The molecule has 4 rings (SSSR count). The fraction of sp³-hybridized carbons (Fsp3) is 0.250. The molecule has 1 aliphatic rings. The van der Waals surface area contributed by atoms with Crippen LogP contribution in [-0.4, -0.2) is 36.2 Å². The van der Waals surface area contributed by atoms with Crippen LogP contribution < -0.4 is 0 Å². The smallest absolute Gasteiger partial charge is 0.197 e. The average molecular weight is 321 g/mol. The number of hydrogen-bond donors (Lipinski definition) is 1. The van der Waals surface area contributed by atoms with Crippen LogP contribution in [0.3, 0.4) is 0 Å². The highest BCUT2D eigenvalue weighted by molar-refractivity contribution is 6.03. The van der Waals surface area contributed by atoms with E-state index < -0.39 is 5.60 Å². The minimum absolute atomic E-state index is 0.0272. The number of ketones is 1. The van der Waals surface area contributed by atoms with Crippen molar-refractivity contribution in [1.29, 1.82) is 0 Å². The van der Waals surface area contributed by atoms with Crippen LogP contribution in [-0.2, 0) is 15.9 Å². The first kappa shape index (κ1) is 15.1. The van der Waals surface area contributed by atoms with Gasteiger partial charge in [-0.15, -0.1) is 0 Å². The molecule has 0 saturated carbocycles. The summed E-state index contributed by atoms with van der Waals surface area (Å²) in [6.45, 7) is 0.551. The number of carbonyl (C=O) groups is 1. The number of epoxide rings is 1. The summed E-state index contributed by atoms with van der Waals surface area (Å²) < 4.78 is 11.3. The number of Topliss-reactive ketones (excluding diaryl/α,β-unsaturated/α-hetero) is 1. The molecule has 0 aliphatic carbocycles. The molecule has 2 unspecified atom stereocenters. The number of rotatable bonds is 6. The maximum absolute atomic E-state index is 13.2. The average Bonchev–Trinajstić information content (AvgIpc) is 3.37. The van der Waals surface area contributed by atoms with Gasteiger partial charge >= 0.3 is 0 Å². The van der Waals surface area contributed by atoms with E-state index in [9.17, 15) is 4.79 Å². The van der Waals surface area contributed by atoms with Crippen molar-refractivity contribution in [2.45, 2.75) is 18.1 Å². The largest absolute Gasteiger partial charge is 0.369 e. The number of nitrogens with one attached hydrogen (secondary N) is 1. The fourth-order valence-corrected chi connectivity index (χ4v) is 3.38. The summed E-state index contributed by atoms with van der Waals surface area (Å²) in [5.41, 5.74) is 1.79. The second-order valence-electron chi connectivity index (χ2n) is 6.14. The highest BCUT2D eigenvalue weighted by atomic mass is 16.6. The minimum Gasteiger partial charge on any atom is -0.369 e. The first-order valence-electron chi connectivity index (χ1n) is 8.06. The zero-order valence-corrected chi connectivity index (χ0v) is 13.5. The predicted molar refractivity (Wildman–Crippen MR) is 92.3 cm³/mol. The van der Waals surface area contributed by atoms with Crippen molar-refractivity contribution in [2.24, 2.45) is 0 Å². The summed E-state index contributed by atoms with van der Waals surface area (Å²) >= 11 is 0. The van der Waals surface area contributed by atoms with Gasteiger partial charge in [0.15, 0.2) is 11.4 Å². The minimum atomic E-state index is -0.993. The van der Waals surface area contributed by atoms with E-state index in [1.807, 2.05) is 60.8 Å². The molecule has 1 aromatic heterocycles. The second-order valence-corrected chi connectivity index (χ2v) is 6.14. The third-order valence-electron chi connectivity index (χ3n) is 4.78. The molecule has 24 heavy (non-hydrogen) atoms. The van der Waals surface area contributed by atoms with Crippen molar-refractivity contribution < 1.29 is 14.3 Å². The van der Waals surface area contributed by atoms with E-state index in [4.69, 9.17) is 9.47 Å². The quantitative estimate of drug-likeness (QED) is 0.559. The number of methoxy groups -OCH3 is 1. The summed E-state index contributed by atoms with van der Waals surface area (Å²) in [5.74, 6) is -0.0272. The molecule has 1 N–H and O–H groups in total. The SMILES string of the molecule is COC(Cc1cccc2[nH]ccc12)(C(=O)c1ccccc1)C1CO1. The lowest BCUT2D eigenvalue weighted by molar-refractivity contribution is -0.0140. The van der Waals surface area contributed by atoms with E-state index in [1.165, 1.54) is 0 Å². The summed E-state index contributed by atoms with van der Waals surface area (Å²) in [4.78, 5) is 16.5. The Kier molecular flexibility index (Phi) is 3.71. The Morgan fingerprint density at radius 1 is 1.21 bits per heavy atom. The number of hydrogen-bond acceptors (Lipinski definition) is 3. The number of benzene rings is 2. The van der Waals surface area contributed by atoms with Crippen LogP contribution in [0.15, 0.2) is 60.8 Å². The third kappa shape index (κ3) is 2.44. The van der Waals surface area contributed by atoms with E-state index >= 15 is 0 Å². The van der Waals surface area contributed by atoms with Gasteiger partial charge in [0.2, 0.25) is 0 Å². The Balaban J connectivity index is 1.77. The highest BCUT2D eigenvalue weighted by Crippen LogP contribution is 2.36. The number of aromatic nitrogens is 1. The van der Waals surface area contributed by atoms with Gasteiger partial charge in [-0.25, -0.2) is 0 Å². The topological polar surface area (TPSA) is 54.6 Å². The molecule has 0 spiro atoms. The van der Waals surface area contributed by atoms with Gasteiger partial charge in [0.1, 0.15) is 6.10 Å². The van der Waals surface area contributed by atoms with Crippen LogP contribution in [0.25, 0.3) is 10.9 Å². The summed E-state index contributed by atoms with van der Waals surface area (Å²) in [6, 6.07) is 17.4. The fourth-order valence-electron chi connectivity index (χ4n) is 3.38. The van der Waals surface area contributed by atoms with Gasteiger partial charge in [0.05, 0.1) is 6.61 Å². The van der Waals surface area contributed by atoms with Crippen molar-refractivity contribution in [2.75, 3.05) is 13.7 Å². The lowest BCUT2D eigenvalue weighted by atomic mass is 9.83. The van der Waals surface area contributed by atoms with Crippen molar-refractivity contribution in [3.63, 3.8) is 0 Å². The number of carbonyl (C=O) groups excluding carboxylic acids is 1. The monoisotopic (exact) mass is 321 g/mol. The molecular weight excluding hydrogens is 302 g/mol. The molecule has 2 aromatic carbocycles. The van der Waals surface area contributed by atoms with Crippen molar-refractivity contribution in [1.82, 2.24) is 4.98 Å². The molecule has 3 aromatic rings. The van der Waals surface area contributed by atoms with Crippen LogP contribution >= 0.6 is 0 Å². The maximum Gasteiger partial charge on any atom is 0.197 e. The third-order valence-corrected chi connectivity index (χ3v) is 4.78. The number of fused-ring (bicyclic) bond motifs is 1. The zero-order valence-electron chi connectivity index (χ0n) is 13.5. The van der Waals surface area contributed by atoms with Gasteiger partial charge in [-0.2, -0.15) is 0 Å². The number of aromatic amines is 1. The van der Waals surface area contributed by atoms with E-state index in [1.54, 1.807) is 7.11 Å². The van der Waals surface area contributed by atoms with Crippen LogP contribution in [0, 0.1) is 0 Å². The van der Waals surface area contributed by atoms with Gasteiger partial charge in [-0.3, -0.25) is 4.79 Å². The predicted octanol–water partition coefficient (Wildman–Crippen LogP) is 3.38. The lowest BCUT2D eigenvalue weighted by Crippen LogP contribution is -2.48. The molecule has 2 atom stereocenters. The van der Waals surface area contributed by atoms with Gasteiger partial charge in [0.25, 0.3) is 0 Å². The molecule has 122 valence electrons. The molecule has 1 aliphatic heterocycles. The molecule has 4 heteroatoms. The van der Waals surface area contributed by atoms with E-state index in [-0.39, 0.29) is 11.9 Å². The molecule has 2 heterocycles. The van der Waals surface area contributed by atoms with Gasteiger partial charge < -0.3 is 14.5 Å². The van der Waals surface area contributed by atoms with Crippen molar-refractivity contribution in [3.05, 3.63) is 71.9 Å². The van der Waals surface area contributed by atoms with E-state index in [0.29, 0.717) is 18.6 Å². The molecule has 1 saturated heterocycles. The molecule has 0 bridgehead atoms. The first-order valence-corrected chi connectivity index (χ1v) is 8.06. The van der Waals surface area contributed by atoms with Gasteiger partial charge in [-0.05, 0) is 17.7 Å². The van der Waals surface area contributed by atoms with Crippen LogP contribution in [0.5, 0.6) is 0 Å². The van der Waals surface area contributed by atoms with Crippen LogP contribution in [0.4, 0.5) is 0 Å². The Hall–Kier alpha value is -2.43. The number of ether oxygens (including phenoxy) is 2. The number of H-pyrrole nitrogens is 1. The van der Waals surface area contributed by atoms with Crippen molar-refractivity contribution >= 4 is 16.7 Å². The Bertz CT molecular complexity index is 867. The van der Waals surface area contributed by atoms with Crippen molar-refractivity contribution in [3.8, 4) is 0 Å². The van der Waals surface area contributed by atoms with E-state index in [0.717, 1.165) is 16.5 Å². The second kappa shape index (κ2) is 5.89. The first-order chi connectivity index (χ1) is 11.7. The Labute approximate surface area is 140 Å². The van der Waals surface area contributed by atoms with E-state index in [2.05, 4.69) is 4.98 Å². The Morgan fingerprint density at radius 2 is 2.00 bits per heavy atom. The molecule has 0 radical (unpaired) electrons. The summed E-state index contributed by atoms with van der Waals surface area (Å²) in [7, 11) is 1.60. The molecule has 1 fully saturated rings. The maximum atomic E-state index is 13.2. The molecular formula is C20H19NO3. The molecule has 4 nitrogen and oxygen atoms in total. The lowest BCUT2D eigenvalue weighted by Gasteiger charge is -2.30. The van der Waals surface area contributed by atoms with Gasteiger partial charge in [-0.1, -0.05) is 42.5 Å². The van der Waals surface area contributed by atoms with Gasteiger partial charge in [0, 0.05) is 36.2 Å². The summed E-state index contributed by atoms with van der Waals surface area (Å²) in [5, 5.41) is 1.11. The summed E-state index contributed by atoms with van der Waals surface area (Å²) in [6.07, 6.45) is 2.19. The standard InChI is InChI=1S/C20H19NO3/c1-23-20(18-13-24-18,19(22)14-6-3-2-4-7-14)12-15-8-5-9-17-16(15)10-11-21-17/h2-11,18,21H,12-13H2,1H3. The molecule has 0 amide bonds. The Morgan fingerprint density at radius 3 is 2.71 bits per heavy atom. The van der Waals surface area contributed by atoms with Crippen LogP contribution in [0.2, 0.25) is 0 Å². The highest BCUT2D eigenvalue weighted by Gasteiger charge is 2.53. The van der Waals surface area contributed by atoms with Crippen LogP contribution in [0.1, 0.15) is 15.9 Å². The zero-order chi connectivity index (χ0) is 16.6. The normalized spacial score (nSPS) is 19.1.